The fourth-order valence-corrected chi connectivity index (χ4v) is 0. The first-order chi connectivity index (χ1) is 3.56. The quantitative estimate of drug-likeness (QED) is 0.310. The van der Waals surface area contributed by atoms with Gasteiger partial charge in [0, 0.05) is 0 Å². The Bertz CT molecular complexity index is 121. The Morgan fingerprint density at radius 1 is 1.38 bits per heavy atom. The van der Waals surface area contributed by atoms with Crippen molar-refractivity contribution >= 4 is 10.4 Å². The molecule has 6 nitrogen and oxygen atoms in total. The maximum atomic E-state index is 9.08. The van der Waals surface area contributed by atoms with Crippen LogP contribution in [0.15, 0.2) is 0 Å². The van der Waals surface area contributed by atoms with Gasteiger partial charge in [0.25, 0.3) is 0 Å². The van der Waals surface area contributed by atoms with Crippen LogP contribution in [0.3, 0.4) is 0 Å². The molecular formula is H2O6SV. The minimum atomic E-state index is -4.61. The second-order valence-electron chi connectivity index (χ2n) is 0.502. The molecule has 49 valence electrons. The summed E-state index contributed by atoms with van der Waals surface area (Å²) in [6.45, 7) is 0. The van der Waals surface area contributed by atoms with E-state index in [-0.39, 0.29) is 0 Å². The number of hydrogen-bond acceptors (Lipinski definition) is 5. The van der Waals surface area contributed by atoms with E-state index < -0.39 is 10.4 Å². The summed E-state index contributed by atoms with van der Waals surface area (Å²) >= 11 is 1.06. The van der Waals surface area contributed by atoms with E-state index in [0.717, 1.165) is 17.4 Å². The van der Waals surface area contributed by atoms with E-state index in [1.165, 1.54) is 0 Å². The van der Waals surface area contributed by atoms with Crippen molar-refractivity contribution in [1.82, 2.24) is 0 Å². The van der Waals surface area contributed by atoms with Crippen LogP contribution in [-0.2, 0) is 35.8 Å². The van der Waals surface area contributed by atoms with Crippen molar-refractivity contribution in [2.75, 3.05) is 0 Å². The Hall–Kier alpha value is 0.214. The van der Waals surface area contributed by atoms with Crippen LogP contribution >= 0.6 is 0 Å². The third kappa shape index (κ3) is 16.4. The van der Waals surface area contributed by atoms with Gasteiger partial charge in [-0.1, -0.05) is 4.33 Å². The van der Waals surface area contributed by atoms with Crippen molar-refractivity contribution in [2.24, 2.45) is 0 Å². The average molecular weight is 181 g/mol. The van der Waals surface area contributed by atoms with Crippen LogP contribution in [0.5, 0.6) is 0 Å². The molecular weight excluding hydrogens is 179 g/mol. The van der Waals surface area contributed by atoms with Crippen LogP contribution in [0.2, 0.25) is 0 Å². The molecule has 0 amide bonds. The summed E-state index contributed by atoms with van der Waals surface area (Å²) in [5.41, 5.74) is 0. The van der Waals surface area contributed by atoms with E-state index in [0.29, 0.717) is 0 Å². The molecule has 0 aliphatic heterocycles. The van der Waals surface area contributed by atoms with Crippen molar-refractivity contribution in [2.45, 2.75) is 0 Å². The van der Waals surface area contributed by atoms with Gasteiger partial charge in [-0.15, -0.1) is 0 Å². The van der Waals surface area contributed by atoms with E-state index in [2.05, 4.69) is 4.33 Å². The molecule has 8 heavy (non-hydrogen) atoms. The SMILES string of the molecule is O=S(=O)(O)OO.[O]=[V]. The summed E-state index contributed by atoms with van der Waals surface area (Å²) in [5.74, 6) is 0. The van der Waals surface area contributed by atoms with Gasteiger partial charge in [0.1, 0.15) is 0 Å². The van der Waals surface area contributed by atoms with Crippen molar-refractivity contribution in [3.05, 3.63) is 0 Å². The zero-order chi connectivity index (χ0) is 7.21. The molecule has 0 unspecified atom stereocenters. The van der Waals surface area contributed by atoms with E-state index in [1.807, 2.05) is 0 Å². The van der Waals surface area contributed by atoms with Gasteiger partial charge in [-0.2, -0.15) is 8.42 Å². The molecule has 2 N–H and O–H groups in total. The molecule has 0 heterocycles. The monoisotopic (exact) mass is 181 g/mol. The molecule has 8 heteroatoms. The first-order valence-electron chi connectivity index (χ1n) is 1.05. The predicted molar refractivity (Wildman–Crippen MR) is 15.9 cm³/mol. The van der Waals surface area contributed by atoms with E-state index in [4.69, 9.17) is 21.9 Å². The van der Waals surface area contributed by atoms with E-state index >= 15 is 0 Å². The minimum absolute atomic E-state index is 1.06. The molecule has 0 fully saturated rings. The summed E-state index contributed by atoms with van der Waals surface area (Å²) in [6.07, 6.45) is 0. The van der Waals surface area contributed by atoms with Crippen LogP contribution in [0.4, 0.5) is 0 Å². The van der Waals surface area contributed by atoms with Gasteiger partial charge in [-0.3, -0.25) is 4.55 Å². The molecule has 0 saturated heterocycles. The molecule has 0 aromatic rings. The molecule has 0 aromatic heterocycles. The van der Waals surface area contributed by atoms with Crippen LogP contribution in [0.1, 0.15) is 0 Å². The van der Waals surface area contributed by atoms with Crippen LogP contribution in [0, 0.1) is 0 Å². The van der Waals surface area contributed by atoms with Gasteiger partial charge in [0.05, 0.1) is 0 Å². The van der Waals surface area contributed by atoms with Gasteiger partial charge >= 0.3 is 31.4 Å². The van der Waals surface area contributed by atoms with Gasteiger partial charge < -0.3 is 0 Å². The van der Waals surface area contributed by atoms with Crippen molar-refractivity contribution in [3.63, 3.8) is 0 Å². The summed E-state index contributed by atoms with van der Waals surface area (Å²) in [4.78, 5) is 0. The van der Waals surface area contributed by atoms with Gasteiger partial charge in [-0.25, -0.2) is 5.26 Å². The van der Waals surface area contributed by atoms with Crippen molar-refractivity contribution in [3.8, 4) is 0 Å². The molecule has 0 aromatic carbocycles. The van der Waals surface area contributed by atoms with E-state index in [1.54, 1.807) is 0 Å². The zero-order valence-corrected chi connectivity index (χ0v) is 5.60. The number of rotatable bonds is 1. The normalized spacial score (nSPS) is 9.12. The zero-order valence-electron chi connectivity index (χ0n) is 3.38. The summed E-state index contributed by atoms with van der Waals surface area (Å²) < 4.78 is 36.1. The number of hydrogen-bond donors (Lipinski definition) is 2. The molecule has 0 rings (SSSR count). The maximum absolute atomic E-state index is 9.08. The first-order valence-corrected chi connectivity index (χ1v) is 2.98. The summed E-state index contributed by atoms with van der Waals surface area (Å²) in [7, 11) is -4.61. The van der Waals surface area contributed by atoms with Crippen molar-refractivity contribution in [1.29, 1.82) is 0 Å². The fraction of sp³-hybridized carbons (Fsp3) is 0. The van der Waals surface area contributed by atoms with Crippen LogP contribution < -0.4 is 0 Å². The van der Waals surface area contributed by atoms with Crippen LogP contribution in [-0.4, -0.2) is 18.2 Å². The van der Waals surface area contributed by atoms with Gasteiger partial charge in [-0.05, 0) is 0 Å². The Morgan fingerprint density at radius 2 is 1.50 bits per heavy atom. The Labute approximate surface area is 54.5 Å². The standard InChI is InChI=1S/H2O5S.O.V/c1-5-6(2,3)4;;/h1H,(H,2,3,4);;. The second-order valence-corrected chi connectivity index (χ2v) is 1.51. The second kappa shape index (κ2) is 5.35. The molecule has 0 saturated carbocycles. The fourth-order valence-electron chi connectivity index (χ4n) is 0. The molecule has 0 spiro atoms. The first kappa shape index (κ1) is 11.1. The predicted octanol–water partition coefficient (Wildman–Crippen LogP) is -0.842. The van der Waals surface area contributed by atoms with Crippen LogP contribution in [0.25, 0.3) is 0 Å². The molecule has 0 aliphatic carbocycles. The van der Waals surface area contributed by atoms with E-state index in [9.17, 15) is 0 Å². The van der Waals surface area contributed by atoms with Gasteiger partial charge in [0.15, 0.2) is 0 Å². The van der Waals surface area contributed by atoms with Crippen molar-refractivity contribution < 1.29 is 43.6 Å². The molecule has 0 aliphatic rings. The third-order valence-corrected chi connectivity index (χ3v) is 0.283. The molecule has 0 atom stereocenters. The topological polar surface area (TPSA) is 101 Å². The summed E-state index contributed by atoms with van der Waals surface area (Å²) in [6, 6.07) is 0. The Kier molecular flexibility index (Phi) is 7.41. The average Bonchev–Trinajstić information content (AvgIpc) is 1.71. The molecule has 0 radical (unpaired) electrons. The summed E-state index contributed by atoms with van der Waals surface area (Å²) in [5, 5.41) is 7.06. The Morgan fingerprint density at radius 3 is 1.50 bits per heavy atom. The third-order valence-electron chi connectivity index (χ3n) is 0.0942. The van der Waals surface area contributed by atoms with Gasteiger partial charge in [0.2, 0.25) is 0 Å². The molecule has 0 bridgehead atoms. The Balaban J connectivity index is 0.